The SMILES string of the molecule is ClCNCc1ccc2ncoc2c1. The minimum absolute atomic E-state index is 0.453. The number of fused-ring (bicyclic) bond motifs is 1. The normalized spacial score (nSPS) is 10.8. The molecule has 0 amide bonds. The molecule has 0 bridgehead atoms. The largest absolute Gasteiger partial charge is 0.443 e. The van der Waals surface area contributed by atoms with E-state index in [2.05, 4.69) is 10.3 Å². The molecule has 0 saturated carbocycles. The molecule has 68 valence electrons. The highest BCUT2D eigenvalue weighted by Gasteiger charge is 1.98. The molecule has 0 radical (unpaired) electrons. The third kappa shape index (κ3) is 1.82. The van der Waals surface area contributed by atoms with Gasteiger partial charge in [-0.2, -0.15) is 0 Å². The van der Waals surface area contributed by atoms with Gasteiger partial charge in [0.05, 0.1) is 6.00 Å². The van der Waals surface area contributed by atoms with Crippen LogP contribution in [-0.4, -0.2) is 11.0 Å². The number of hydrogen-bond donors (Lipinski definition) is 1. The Labute approximate surface area is 80.7 Å². The standard InChI is InChI=1S/C9H9ClN2O/c10-5-11-4-7-1-2-8-9(3-7)13-6-12-8/h1-3,6,11H,4-5H2. The maximum Gasteiger partial charge on any atom is 0.181 e. The average Bonchev–Trinajstić information content (AvgIpc) is 2.61. The molecule has 0 aliphatic carbocycles. The van der Waals surface area contributed by atoms with Crippen LogP contribution >= 0.6 is 11.6 Å². The molecule has 4 heteroatoms. The Morgan fingerprint density at radius 1 is 1.46 bits per heavy atom. The summed E-state index contributed by atoms with van der Waals surface area (Å²) in [5.41, 5.74) is 2.84. The van der Waals surface area contributed by atoms with E-state index in [0.717, 1.165) is 23.2 Å². The number of hydrogen-bond acceptors (Lipinski definition) is 3. The summed E-state index contributed by atoms with van der Waals surface area (Å²) in [5, 5.41) is 3.02. The molecule has 1 heterocycles. The van der Waals surface area contributed by atoms with Gasteiger partial charge in [-0.15, -0.1) is 11.6 Å². The zero-order chi connectivity index (χ0) is 9.10. The van der Waals surface area contributed by atoms with Crippen molar-refractivity contribution in [1.29, 1.82) is 0 Å². The van der Waals surface area contributed by atoms with E-state index in [1.165, 1.54) is 6.39 Å². The van der Waals surface area contributed by atoms with E-state index in [1.54, 1.807) is 0 Å². The third-order valence-electron chi connectivity index (χ3n) is 1.82. The third-order valence-corrected chi connectivity index (χ3v) is 2.01. The minimum Gasteiger partial charge on any atom is -0.443 e. The molecule has 2 rings (SSSR count). The van der Waals surface area contributed by atoms with Crippen molar-refractivity contribution >= 4 is 22.7 Å². The van der Waals surface area contributed by atoms with Crippen molar-refractivity contribution < 1.29 is 4.42 Å². The Balaban J connectivity index is 2.26. The fourth-order valence-corrected chi connectivity index (χ4v) is 1.30. The number of rotatable bonds is 3. The fourth-order valence-electron chi connectivity index (χ4n) is 1.20. The van der Waals surface area contributed by atoms with Gasteiger partial charge in [-0.1, -0.05) is 6.07 Å². The molecule has 13 heavy (non-hydrogen) atoms. The molecule has 1 aromatic carbocycles. The van der Waals surface area contributed by atoms with Crippen molar-refractivity contribution in [2.75, 3.05) is 6.00 Å². The molecule has 0 atom stereocenters. The molecule has 0 unspecified atom stereocenters. The molecule has 0 spiro atoms. The van der Waals surface area contributed by atoms with E-state index in [4.69, 9.17) is 16.0 Å². The number of nitrogens with zero attached hydrogens (tertiary/aromatic N) is 1. The van der Waals surface area contributed by atoms with Crippen LogP contribution in [0.25, 0.3) is 11.1 Å². The number of halogens is 1. The first kappa shape index (κ1) is 8.53. The summed E-state index contributed by atoms with van der Waals surface area (Å²) in [4.78, 5) is 4.03. The van der Waals surface area contributed by atoms with E-state index in [9.17, 15) is 0 Å². The first-order chi connectivity index (χ1) is 6.40. The van der Waals surface area contributed by atoms with Gasteiger partial charge in [-0.05, 0) is 17.7 Å². The van der Waals surface area contributed by atoms with Gasteiger partial charge in [-0.3, -0.25) is 5.32 Å². The Morgan fingerprint density at radius 2 is 2.38 bits per heavy atom. The number of alkyl halides is 1. The van der Waals surface area contributed by atoms with Crippen LogP contribution in [0.15, 0.2) is 29.0 Å². The first-order valence-electron chi connectivity index (χ1n) is 3.99. The van der Waals surface area contributed by atoms with E-state index in [-0.39, 0.29) is 0 Å². The highest BCUT2D eigenvalue weighted by Crippen LogP contribution is 2.13. The second-order valence-corrected chi connectivity index (χ2v) is 2.98. The topological polar surface area (TPSA) is 38.1 Å². The van der Waals surface area contributed by atoms with Gasteiger partial charge in [-0.25, -0.2) is 4.98 Å². The van der Waals surface area contributed by atoms with Gasteiger partial charge < -0.3 is 4.42 Å². The molecular formula is C9H9ClN2O. The second-order valence-electron chi connectivity index (χ2n) is 2.71. The van der Waals surface area contributed by atoms with Crippen molar-refractivity contribution in [3.63, 3.8) is 0 Å². The van der Waals surface area contributed by atoms with E-state index in [0.29, 0.717) is 6.00 Å². The maximum atomic E-state index is 5.50. The Morgan fingerprint density at radius 3 is 3.23 bits per heavy atom. The Kier molecular flexibility index (Phi) is 2.47. The van der Waals surface area contributed by atoms with Gasteiger partial charge in [0, 0.05) is 6.54 Å². The lowest BCUT2D eigenvalue weighted by Gasteiger charge is -1.99. The Hall–Kier alpha value is -1.06. The summed E-state index contributed by atoms with van der Waals surface area (Å²) < 4.78 is 5.17. The van der Waals surface area contributed by atoms with Crippen molar-refractivity contribution in [2.45, 2.75) is 6.54 Å². The van der Waals surface area contributed by atoms with E-state index < -0.39 is 0 Å². The average molecular weight is 197 g/mol. The number of benzene rings is 1. The lowest BCUT2D eigenvalue weighted by Crippen LogP contribution is -2.09. The highest BCUT2D eigenvalue weighted by atomic mass is 35.5. The number of nitrogens with one attached hydrogen (secondary N) is 1. The fraction of sp³-hybridized carbons (Fsp3) is 0.222. The van der Waals surface area contributed by atoms with Gasteiger partial charge in [0.2, 0.25) is 0 Å². The smallest absolute Gasteiger partial charge is 0.181 e. The second kappa shape index (κ2) is 3.77. The van der Waals surface area contributed by atoms with Crippen LogP contribution in [0.4, 0.5) is 0 Å². The number of aromatic nitrogens is 1. The monoisotopic (exact) mass is 196 g/mol. The molecule has 0 saturated heterocycles. The first-order valence-corrected chi connectivity index (χ1v) is 4.52. The summed E-state index contributed by atoms with van der Waals surface area (Å²) in [5.74, 6) is 0. The predicted molar refractivity (Wildman–Crippen MR) is 51.6 cm³/mol. The van der Waals surface area contributed by atoms with Crippen molar-refractivity contribution in [2.24, 2.45) is 0 Å². The Bertz CT molecular complexity index is 399. The quantitative estimate of drug-likeness (QED) is 0.604. The summed E-state index contributed by atoms with van der Waals surface area (Å²) in [6, 6.07) is 6.35. The van der Waals surface area contributed by atoms with Crippen LogP contribution in [0, 0.1) is 0 Å². The van der Waals surface area contributed by atoms with E-state index in [1.807, 2.05) is 18.2 Å². The van der Waals surface area contributed by atoms with Gasteiger partial charge >= 0.3 is 0 Å². The highest BCUT2D eigenvalue weighted by molar-refractivity contribution is 6.17. The summed E-state index contributed by atoms with van der Waals surface area (Å²) in [7, 11) is 0. The van der Waals surface area contributed by atoms with E-state index >= 15 is 0 Å². The predicted octanol–water partition coefficient (Wildman–Crippen LogP) is 2.11. The molecular weight excluding hydrogens is 188 g/mol. The lowest BCUT2D eigenvalue weighted by atomic mass is 10.2. The summed E-state index contributed by atoms with van der Waals surface area (Å²) >= 11 is 5.50. The molecule has 1 aromatic heterocycles. The van der Waals surface area contributed by atoms with Crippen LogP contribution in [0.1, 0.15) is 5.56 Å². The van der Waals surface area contributed by atoms with Gasteiger partial charge in [0.1, 0.15) is 5.52 Å². The van der Waals surface area contributed by atoms with Gasteiger partial charge in [0.25, 0.3) is 0 Å². The molecule has 0 aliphatic rings. The summed E-state index contributed by atoms with van der Waals surface area (Å²) in [6.45, 7) is 0.750. The van der Waals surface area contributed by atoms with Crippen LogP contribution in [0.2, 0.25) is 0 Å². The number of oxazole rings is 1. The maximum absolute atomic E-state index is 5.50. The molecule has 0 aliphatic heterocycles. The van der Waals surface area contributed by atoms with Crippen LogP contribution in [-0.2, 0) is 6.54 Å². The summed E-state index contributed by atoms with van der Waals surface area (Å²) in [6.07, 6.45) is 1.45. The zero-order valence-corrected chi connectivity index (χ0v) is 7.71. The molecule has 2 aromatic rings. The zero-order valence-electron chi connectivity index (χ0n) is 6.96. The molecule has 0 fully saturated rings. The molecule has 3 nitrogen and oxygen atoms in total. The minimum atomic E-state index is 0.453. The van der Waals surface area contributed by atoms with Crippen LogP contribution in [0.3, 0.4) is 0 Å². The van der Waals surface area contributed by atoms with Crippen LogP contribution in [0.5, 0.6) is 0 Å². The van der Waals surface area contributed by atoms with Gasteiger partial charge in [0.15, 0.2) is 12.0 Å². The van der Waals surface area contributed by atoms with Crippen molar-refractivity contribution in [1.82, 2.24) is 10.3 Å². The van der Waals surface area contributed by atoms with Crippen LogP contribution < -0.4 is 5.32 Å². The molecule has 1 N–H and O–H groups in total. The van der Waals surface area contributed by atoms with Crippen molar-refractivity contribution in [3.05, 3.63) is 30.2 Å². The van der Waals surface area contributed by atoms with Crippen molar-refractivity contribution in [3.8, 4) is 0 Å². The lowest BCUT2D eigenvalue weighted by molar-refractivity contribution is 0.601.